The van der Waals surface area contributed by atoms with Crippen LogP contribution in [-0.2, 0) is 0 Å². The first-order valence-corrected chi connectivity index (χ1v) is 7.39. The van der Waals surface area contributed by atoms with Crippen molar-refractivity contribution >= 4 is 5.95 Å². The summed E-state index contributed by atoms with van der Waals surface area (Å²) in [5.41, 5.74) is 7.09. The van der Waals surface area contributed by atoms with Gasteiger partial charge in [-0.1, -0.05) is 19.3 Å². The molecule has 0 spiro atoms. The van der Waals surface area contributed by atoms with E-state index in [2.05, 4.69) is 15.3 Å². The van der Waals surface area contributed by atoms with Crippen molar-refractivity contribution in [3.63, 3.8) is 0 Å². The van der Waals surface area contributed by atoms with Crippen molar-refractivity contribution < 1.29 is 0 Å². The summed E-state index contributed by atoms with van der Waals surface area (Å²) >= 11 is 0. The molecule has 0 aliphatic heterocycles. The molecule has 1 aliphatic rings. The molecule has 1 aromatic rings. The second-order valence-corrected chi connectivity index (χ2v) is 6.34. The number of nitrogens with two attached hydrogens (primary N) is 1. The molecule has 0 atom stereocenters. The fourth-order valence-electron chi connectivity index (χ4n) is 2.57. The first-order valence-electron chi connectivity index (χ1n) is 7.39. The number of aromatic nitrogens is 2. The van der Waals surface area contributed by atoms with Crippen molar-refractivity contribution in [3.8, 4) is 0 Å². The molecule has 106 valence electrons. The van der Waals surface area contributed by atoms with Gasteiger partial charge in [0.05, 0.1) is 0 Å². The molecule has 2 rings (SSSR count). The van der Waals surface area contributed by atoms with E-state index in [1.807, 2.05) is 26.2 Å². The Bertz CT molecular complexity index is 374. The van der Waals surface area contributed by atoms with Crippen LogP contribution in [0.4, 0.5) is 5.95 Å². The van der Waals surface area contributed by atoms with Gasteiger partial charge in [0.15, 0.2) is 0 Å². The summed E-state index contributed by atoms with van der Waals surface area (Å²) in [4.78, 5) is 8.82. The van der Waals surface area contributed by atoms with Gasteiger partial charge in [0, 0.05) is 24.5 Å². The van der Waals surface area contributed by atoms with Crippen molar-refractivity contribution in [3.05, 3.63) is 18.0 Å². The molecule has 1 saturated carbocycles. The van der Waals surface area contributed by atoms with Crippen molar-refractivity contribution in [2.75, 3.05) is 11.9 Å². The second-order valence-electron chi connectivity index (χ2n) is 6.34. The van der Waals surface area contributed by atoms with E-state index in [4.69, 9.17) is 5.73 Å². The molecule has 0 radical (unpaired) electrons. The molecule has 0 amide bonds. The Morgan fingerprint density at radius 1 is 1.21 bits per heavy atom. The van der Waals surface area contributed by atoms with Crippen LogP contribution < -0.4 is 11.1 Å². The number of nitrogens with zero attached hydrogens (tertiary/aromatic N) is 2. The summed E-state index contributed by atoms with van der Waals surface area (Å²) in [7, 11) is 0. The highest BCUT2D eigenvalue weighted by Gasteiger charge is 2.16. The van der Waals surface area contributed by atoms with Gasteiger partial charge in [-0.25, -0.2) is 9.97 Å². The average molecular weight is 262 g/mol. The minimum absolute atomic E-state index is 0.144. The maximum atomic E-state index is 5.94. The van der Waals surface area contributed by atoms with Gasteiger partial charge < -0.3 is 11.1 Å². The van der Waals surface area contributed by atoms with Crippen LogP contribution in [0.25, 0.3) is 0 Å². The number of nitrogens with one attached hydrogen (secondary N) is 1. The number of hydrogen-bond donors (Lipinski definition) is 2. The Labute approximate surface area is 116 Å². The van der Waals surface area contributed by atoms with E-state index in [9.17, 15) is 0 Å². The molecule has 4 nitrogen and oxygen atoms in total. The second kappa shape index (κ2) is 6.33. The molecule has 0 aromatic carbocycles. The number of rotatable bonds is 5. The van der Waals surface area contributed by atoms with Gasteiger partial charge in [0.2, 0.25) is 5.95 Å². The first kappa shape index (κ1) is 14.3. The maximum Gasteiger partial charge on any atom is 0.222 e. The van der Waals surface area contributed by atoms with E-state index in [1.54, 1.807) is 0 Å². The molecular formula is C15H26N4. The molecule has 0 saturated heterocycles. The van der Waals surface area contributed by atoms with Crippen LogP contribution in [0.3, 0.4) is 0 Å². The highest BCUT2D eigenvalue weighted by molar-refractivity contribution is 5.26. The predicted octanol–water partition coefficient (Wildman–Crippen LogP) is 3.06. The largest absolute Gasteiger partial charge is 0.354 e. The summed E-state index contributed by atoms with van der Waals surface area (Å²) in [5.74, 6) is 1.38. The molecule has 0 unspecified atom stereocenters. The monoisotopic (exact) mass is 262 g/mol. The van der Waals surface area contributed by atoms with Crippen molar-refractivity contribution in [2.24, 2.45) is 5.73 Å². The van der Waals surface area contributed by atoms with Gasteiger partial charge >= 0.3 is 0 Å². The van der Waals surface area contributed by atoms with Gasteiger partial charge in [0.25, 0.3) is 0 Å². The Balaban J connectivity index is 1.84. The molecule has 0 bridgehead atoms. The molecular weight excluding hydrogens is 236 g/mol. The predicted molar refractivity (Wildman–Crippen MR) is 79.2 cm³/mol. The van der Waals surface area contributed by atoms with Crippen LogP contribution in [0.1, 0.15) is 63.9 Å². The summed E-state index contributed by atoms with van der Waals surface area (Å²) in [6, 6.07) is 0. The zero-order valence-corrected chi connectivity index (χ0v) is 12.2. The summed E-state index contributed by atoms with van der Waals surface area (Å²) in [6.45, 7) is 4.87. The van der Waals surface area contributed by atoms with Crippen LogP contribution in [0.2, 0.25) is 0 Å². The van der Waals surface area contributed by atoms with Crippen molar-refractivity contribution in [1.29, 1.82) is 0 Å². The molecule has 1 aliphatic carbocycles. The fourth-order valence-corrected chi connectivity index (χ4v) is 2.57. The van der Waals surface area contributed by atoms with Crippen LogP contribution in [0, 0.1) is 0 Å². The Hall–Kier alpha value is -1.16. The van der Waals surface area contributed by atoms with E-state index in [1.165, 1.54) is 37.7 Å². The van der Waals surface area contributed by atoms with E-state index in [0.717, 1.165) is 13.0 Å². The zero-order chi connectivity index (χ0) is 13.7. The van der Waals surface area contributed by atoms with E-state index in [0.29, 0.717) is 11.9 Å². The minimum atomic E-state index is -0.144. The lowest BCUT2D eigenvalue weighted by Crippen LogP contribution is -2.34. The van der Waals surface area contributed by atoms with Crippen molar-refractivity contribution in [2.45, 2.75) is 63.8 Å². The van der Waals surface area contributed by atoms with Gasteiger partial charge in [-0.15, -0.1) is 0 Å². The standard InChI is InChI=1S/C15H26N4/c1-15(2,16)8-9-17-14-18-10-13(11-19-14)12-6-4-3-5-7-12/h10-12H,3-9,16H2,1-2H3,(H,17,18,19). The van der Waals surface area contributed by atoms with E-state index >= 15 is 0 Å². The normalized spacial score (nSPS) is 17.4. The summed E-state index contributed by atoms with van der Waals surface area (Å²) < 4.78 is 0. The molecule has 1 heterocycles. The van der Waals surface area contributed by atoms with Crippen LogP contribution in [0.5, 0.6) is 0 Å². The van der Waals surface area contributed by atoms with Gasteiger partial charge in [0.1, 0.15) is 0 Å². The van der Waals surface area contributed by atoms with Crippen molar-refractivity contribution in [1.82, 2.24) is 9.97 Å². The van der Waals surface area contributed by atoms with Gasteiger partial charge in [-0.05, 0) is 44.6 Å². The van der Waals surface area contributed by atoms with Gasteiger partial charge in [-0.3, -0.25) is 0 Å². The molecule has 3 N–H and O–H groups in total. The Morgan fingerprint density at radius 2 is 1.84 bits per heavy atom. The Morgan fingerprint density at radius 3 is 2.42 bits per heavy atom. The third-order valence-electron chi connectivity index (χ3n) is 3.80. The number of hydrogen-bond acceptors (Lipinski definition) is 4. The minimum Gasteiger partial charge on any atom is -0.354 e. The van der Waals surface area contributed by atoms with Crippen LogP contribution in [0.15, 0.2) is 12.4 Å². The van der Waals surface area contributed by atoms with E-state index < -0.39 is 0 Å². The SMILES string of the molecule is CC(C)(N)CCNc1ncc(C2CCCCC2)cn1. The number of anilines is 1. The zero-order valence-electron chi connectivity index (χ0n) is 12.2. The van der Waals surface area contributed by atoms with Gasteiger partial charge in [-0.2, -0.15) is 0 Å². The summed E-state index contributed by atoms with van der Waals surface area (Å²) in [6.07, 6.45) is 11.5. The summed E-state index contributed by atoms with van der Waals surface area (Å²) in [5, 5.41) is 3.23. The lowest BCUT2D eigenvalue weighted by atomic mass is 9.85. The third kappa shape index (κ3) is 4.78. The van der Waals surface area contributed by atoms with E-state index in [-0.39, 0.29) is 5.54 Å². The average Bonchev–Trinajstić information content (AvgIpc) is 2.39. The molecule has 1 aromatic heterocycles. The lowest BCUT2D eigenvalue weighted by Gasteiger charge is -2.21. The lowest BCUT2D eigenvalue weighted by molar-refractivity contribution is 0.442. The maximum absolute atomic E-state index is 5.94. The molecule has 19 heavy (non-hydrogen) atoms. The third-order valence-corrected chi connectivity index (χ3v) is 3.80. The molecule has 1 fully saturated rings. The highest BCUT2D eigenvalue weighted by Crippen LogP contribution is 2.31. The van der Waals surface area contributed by atoms with Crippen LogP contribution in [-0.4, -0.2) is 22.1 Å². The topological polar surface area (TPSA) is 63.8 Å². The van der Waals surface area contributed by atoms with Crippen LogP contribution >= 0.6 is 0 Å². The molecule has 4 heteroatoms. The quantitative estimate of drug-likeness (QED) is 0.856. The first-order chi connectivity index (χ1) is 9.04. The fraction of sp³-hybridized carbons (Fsp3) is 0.733. The highest BCUT2D eigenvalue weighted by atomic mass is 15.1. The Kier molecular flexibility index (Phi) is 4.75. The smallest absolute Gasteiger partial charge is 0.222 e.